The van der Waals surface area contributed by atoms with Crippen LogP contribution in [0.25, 0.3) is 0 Å². The van der Waals surface area contributed by atoms with E-state index in [0.29, 0.717) is 0 Å². The van der Waals surface area contributed by atoms with Gasteiger partial charge in [0.2, 0.25) is 0 Å². The van der Waals surface area contributed by atoms with Crippen LogP contribution in [-0.2, 0) is 0 Å². The minimum absolute atomic E-state index is 0. The minimum Gasteiger partial charge on any atom is -0.449 e. The summed E-state index contributed by atoms with van der Waals surface area (Å²) in [6.07, 6.45) is 0. The van der Waals surface area contributed by atoms with Gasteiger partial charge in [-0.05, 0) is 0 Å². The third-order valence-corrected chi connectivity index (χ3v) is 0. The molecule has 0 N–H and O–H groups in total. The first-order valence-corrected chi connectivity index (χ1v) is 1.23. The van der Waals surface area contributed by atoms with Crippen LogP contribution in [0.5, 0.6) is 0 Å². The van der Waals surface area contributed by atoms with E-state index in [2.05, 4.69) is 0 Å². The van der Waals surface area contributed by atoms with Gasteiger partial charge >= 0.3 is 6.98 Å². The van der Waals surface area contributed by atoms with Crippen molar-refractivity contribution in [2.45, 2.75) is 6.82 Å². The second-order valence-corrected chi connectivity index (χ2v) is 0.902. The molecule has 0 bridgehead atoms. The molecule has 0 fully saturated rings. The quantitative estimate of drug-likeness (QED) is 0.320. The lowest BCUT2D eigenvalue weighted by Gasteiger charge is -1.99. The highest BCUT2D eigenvalue weighted by molar-refractivity contribution is 6.56. The molecule has 0 aromatic heterocycles. The average molecular weight is 97.9 g/mol. The summed E-state index contributed by atoms with van der Waals surface area (Å²) in [5.74, 6) is 0. The van der Waals surface area contributed by atoms with Gasteiger partial charge < -0.3 is 12.9 Å². The van der Waals surface area contributed by atoms with Gasteiger partial charge in [-0.3, -0.25) is 0 Å². The first kappa shape index (κ1) is 9.21. The Morgan fingerprint density at radius 1 is 1.17 bits per heavy atom. The maximum atomic E-state index is 10.4. The lowest BCUT2D eigenvalue weighted by molar-refractivity contribution is 0.487. The molecule has 0 rings (SSSR count). The van der Waals surface area contributed by atoms with Crippen molar-refractivity contribution < 1.29 is 12.9 Å². The Bertz CT molecular complexity index is 24.3. The zero-order valence-corrected chi connectivity index (χ0v) is 3.71. The van der Waals surface area contributed by atoms with Crippen LogP contribution in [0, 0.1) is 7.43 Å². The molecule has 0 saturated heterocycles. The lowest BCUT2D eigenvalue weighted by Crippen LogP contribution is -2.04. The van der Waals surface area contributed by atoms with Crippen molar-refractivity contribution in [2.24, 2.45) is 0 Å². The van der Waals surface area contributed by atoms with Crippen molar-refractivity contribution in [2.75, 3.05) is 0 Å². The van der Waals surface area contributed by atoms with E-state index in [-0.39, 0.29) is 14.2 Å². The van der Waals surface area contributed by atoms with Crippen LogP contribution in [0.4, 0.5) is 12.9 Å². The molecular formula is C2H6BF3. The normalized spacial score (nSPS) is 10.0. The predicted octanol–water partition coefficient (Wildman–Crippen LogP) is 1.91. The summed E-state index contributed by atoms with van der Waals surface area (Å²) in [5.41, 5.74) is 0. The van der Waals surface area contributed by atoms with Crippen LogP contribution in [-0.4, -0.2) is 6.98 Å². The molecule has 0 heterocycles. The van der Waals surface area contributed by atoms with Crippen molar-refractivity contribution in [1.29, 1.82) is 0 Å². The summed E-state index contributed by atoms with van der Waals surface area (Å²) >= 11 is 0. The Hall–Kier alpha value is -0.275. The monoisotopic (exact) mass is 98.1 g/mol. The van der Waals surface area contributed by atoms with Crippen LogP contribution >= 0.6 is 0 Å². The Morgan fingerprint density at radius 2 is 1.17 bits per heavy atom. The molecule has 0 spiro atoms. The molecule has 4 heteroatoms. The molecular weight excluding hydrogens is 91.8 g/mol. The van der Waals surface area contributed by atoms with Gasteiger partial charge in [0.15, 0.2) is 0 Å². The fraction of sp³-hybridized carbons (Fsp3) is 0.500. The molecule has 0 unspecified atom stereocenters. The first-order chi connectivity index (χ1) is 2.00. The fourth-order valence-corrected chi connectivity index (χ4v) is 0. The van der Waals surface area contributed by atoms with Crippen LogP contribution < -0.4 is 0 Å². The van der Waals surface area contributed by atoms with Gasteiger partial charge in [-0.25, -0.2) is 0 Å². The van der Waals surface area contributed by atoms with E-state index in [0.717, 1.165) is 0 Å². The van der Waals surface area contributed by atoms with E-state index in [1.165, 1.54) is 0 Å². The summed E-state index contributed by atoms with van der Waals surface area (Å²) in [6, 6.07) is 0. The summed E-state index contributed by atoms with van der Waals surface area (Å²) in [4.78, 5) is 0. The van der Waals surface area contributed by atoms with Crippen molar-refractivity contribution >= 4 is 6.98 Å². The van der Waals surface area contributed by atoms with E-state index in [4.69, 9.17) is 0 Å². The molecule has 6 heavy (non-hydrogen) atoms. The van der Waals surface area contributed by atoms with Crippen LogP contribution in [0.2, 0.25) is 6.82 Å². The largest absolute Gasteiger partial charge is 0.475 e. The van der Waals surface area contributed by atoms with Crippen molar-refractivity contribution in [3.63, 3.8) is 0 Å². The lowest BCUT2D eigenvalue weighted by atomic mass is 9.99. The Labute approximate surface area is 35.4 Å². The Kier molecular flexibility index (Phi) is 3.07. The van der Waals surface area contributed by atoms with E-state index in [1.807, 2.05) is 0 Å². The SMILES string of the molecule is C[B-](F)(F)F.[CH3+]. The topological polar surface area (TPSA) is 0 Å². The number of hydrogen-bond donors (Lipinski definition) is 0. The molecule has 0 atom stereocenters. The third kappa shape index (κ3) is 366. The highest BCUT2D eigenvalue weighted by Crippen LogP contribution is 2.03. The molecule has 38 valence electrons. The van der Waals surface area contributed by atoms with Gasteiger partial charge in [0.05, 0.1) is 0 Å². The van der Waals surface area contributed by atoms with Crippen LogP contribution in [0.3, 0.4) is 0 Å². The summed E-state index contributed by atoms with van der Waals surface area (Å²) in [6.45, 7) is -4.25. The summed E-state index contributed by atoms with van der Waals surface area (Å²) in [5, 5.41) is 0. The van der Waals surface area contributed by atoms with Crippen molar-refractivity contribution in [3.8, 4) is 0 Å². The highest BCUT2D eigenvalue weighted by atomic mass is 19.4. The second kappa shape index (κ2) is 2.00. The number of hydrogen-bond acceptors (Lipinski definition) is 0. The van der Waals surface area contributed by atoms with Gasteiger partial charge in [-0.2, -0.15) is 0 Å². The number of rotatable bonds is 0. The van der Waals surface area contributed by atoms with Crippen molar-refractivity contribution in [1.82, 2.24) is 0 Å². The zero-order chi connectivity index (χ0) is 4.50. The molecule has 0 aromatic carbocycles. The molecule has 0 aliphatic rings. The first-order valence-electron chi connectivity index (χ1n) is 1.23. The van der Waals surface area contributed by atoms with E-state index in [9.17, 15) is 12.9 Å². The molecule has 0 saturated carbocycles. The fourth-order valence-electron chi connectivity index (χ4n) is 0. The summed E-state index contributed by atoms with van der Waals surface area (Å²) in [7, 11) is 0. The van der Waals surface area contributed by atoms with Crippen LogP contribution in [0.15, 0.2) is 0 Å². The van der Waals surface area contributed by atoms with Crippen molar-refractivity contribution in [3.05, 3.63) is 7.43 Å². The molecule has 0 aliphatic carbocycles. The second-order valence-electron chi connectivity index (χ2n) is 0.902. The molecule has 0 aliphatic heterocycles. The third-order valence-electron chi connectivity index (χ3n) is 0. The van der Waals surface area contributed by atoms with E-state index in [1.54, 1.807) is 0 Å². The molecule has 0 radical (unpaired) electrons. The Morgan fingerprint density at radius 3 is 1.17 bits per heavy atom. The van der Waals surface area contributed by atoms with Gasteiger partial charge in [0, 0.05) is 7.43 Å². The van der Waals surface area contributed by atoms with Gasteiger partial charge in [0.1, 0.15) is 0 Å². The standard InChI is InChI=1S/CH3BF3.CH3/c1-2(3,4)5;/h1H3;1H3/q-1;+1. The molecule has 0 amide bonds. The van der Waals surface area contributed by atoms with Gasteiger partial charge in [0.25, 0.3) is 0 Å². The number of halogens is 3. The zero-order valence-electron chi connectivity index (χ0n) is 3.71. The maximum Gasteiger partial charge on any atom is 0.475 e. The average Bonchev–Trinajstić information content (AvgIpc) is 0.722. The highest BCUT2D eigenvalue weighted by Gasteiger charge is 2.11. The Balaban J connectivity index is 0. The molecule has 0 nitrogen and oxygen atoms in total. The predicted molar refractivity (Wildman–Crippen MR) is 21.4 cm³/mol. The maximum absolute atomic E-state index is 10.4. The molecule has 0 aromatic rings. The van der Waals surface area contributed by atoms with E-state index >= 15 is 0 Å². The van der Waals surface area contributed by atoms with Gasteiger partial charge in [-0.1, -0.05) is 6.82 Å². The van der Waals surface area contributed by atoms with Gasteiger partial charge in [-0.15, -0.1) is 0 Å². The van der Waals surface area contributed by atoms with Crippen LogP contribution in [0.1, 0.15) is 0 Å². The summed E-state index contributed by atoms with van der Waals surface area (Å²) < 4.78 is 31.2. The minimum atomic E-state index is -4.50. The van der Waals surface area contributed by atoms with E-state index < -0.39 is 6.98 Å². The smallest absolute Gasteiger partial charge is 0.449 e.